The lowest BCUT2D eigenvalue weighted by Gasteiger charge is -2.25. The van der Waals surface area contributed by atoms with E-state index in [0.29, 0.717) is 0 Å². The molecule has 7 heteroatoms. The minimum atomic E-state index is -0.229. The van der Waals surface area contributed by atoms with Gasteiger partial charge in [0.1, 0.15) is 12.1 Å². The summed E-state index contributed by atoms with van der Waals surface area (Å²) in [6.45, 7) is 8.10. The van der Waals surface area contributed by atoms with E-state index in [2.05, 4.69) is 82.6 Å². The highest BCUT2D eigenvalue weighted by Crippen LogP contribution is 2.28. The van der Waals surface area contributed by atoms with Gasteiger partial charge in [-0.05, 0) is 48.2 Å². The number of carbonyl (C=O) groups is 1. The predicted octanol–water partition coefficient (Wildman–Crippen LogP) is 4.47. The van der Waals surface area contributed by atoms with Crippen LogP contribution < -0.4 is 21.4 Å². The van der Waals surface area contributed by atoms with Crippen LogP contribution in [-0.4, -0.2) is 25.0 Å². The van der Waals surface area contributed by atoms with Crippen LogP contribution in [0.15, 0.2) is 64.5 Å². The molecule has 0 aromatic heterocycles. The second kappa shape index (κ2) is 9.93. The van der Waals surface area contributed by atoms with Gasteiger partial charge >= 0.3 is 0 Å². The Labute approximate surface area is 183 Å². The molecule has 0 amide bonds. The molecule has 2 heterocycles. The summed E-state index contributed by atoms with van der Waals surface area (Å²) in [5.74, 6) is 0.898. The molecule has 4 rings (SSSR count). The van der Waals surface area contributed by atoms with E-state index in [9.17, 15) is 0 Å². The van der Waals surface area contributed by atoms with Crippen molar-refractivity contribution in [3.8, 4) is 0 Å². The maximum absolute atomic E-state index is 8.81. The lowest BCUT2D eigenvalue weighted by atomic mass is 9.87. The number of nitrogens with zero attached hydrogens (tertiary/aromatic N) is 2. The van der Waals surface area contributed by atoms with E-state index in [1.54, 1.807) is 0 Å². The van der Waals surface area contributed by atoms with Gasteiger partial charge in [-0.25, -0.2) is 4.99 Å². The van der Waals surface area contributed by atoms with Crippen molar-refractivity contribution < 1.29 is 4.79 Å². The lowest BCUT2D eigenvalue weighted by molar-refractivity contribution is -0.106. The standard InChI is InChI=1S/C22H26N6.C2H4O/c1-22(2,3)15-7-9-16(10-8-15)25-21-23-13-12-20(27-21)26-18-5-4-6-19-17(18)11-14-24-28-19;1-2-3/h4-10,12-14,21,25-28H,11H2,1-3H3;2H,1H3. The Morgan fingerprint density at radius 2 is 1.87 bits per heavy atom. The Kier molecular flexibility index (Phi) is 7.07. The number of carbonyl (C=O) groups excluding carboxylic acids is 1. The Balaban J connectivity index is 0.000000858. The van der Waals surface area contributed by atoms with Crippen LogP contribution in [-0.2, 0) is 16.6 Å². The zero-order valence-electron chi connectivity index (χ0n) is 18.4. The van der Waals surface area contributed by atoms with E-state index in [4.69, 9.17) is 4.79 Å². The average Bonchev–Trinajstić information content (AvgIpc) is 2.75. The molecule has 0 spiro atoms. The lowest BCUT2D eigenvalue weighted by Crippen LogP contribution is -2.38. The third-order valence-corrected chi connectivity index (χ3v) is 4.84. The van der Waals surface area contributed by atoms with E-state index in [1.165, 1.54) is 18.1 Å². The molecule has 0 fully saturated rings. The van der Waals surface area contributed by atoms with Gasteiger partial charge in [0.15, 0.2) is 6.29 Å². The van der Waals surface area contributed by atoms with Crippen molar-refractivity contribution in [1.29, 1.82) is 0 Å². The number of aliphatic imine (C=N–C) groups is 1. The maximum Gasteiger partial charge on any atom is 0.195 e. The summed E-state index contributed by atoms with van der Waals surface area (Å²) in [7, 11) is 0. The minimum Gasteiger partial charge on any atom is -0.347 e. The Hall–Kier alpha value is -3.61. The predicted molar refractivity (Wildman–Crippen MR) is 130 cm³/mol. The largest absolute Gasteiger partial charge is 0.347 e. The summed E-state index contributed by atoms with van der Waals surface area (Å²) in [6, 6.07) is 14.6. The van der Waals surface area contributed by atoms with Crippen molar-refractivity contribution in [2.24, 2.45) is 10.1 Å². The first-order valence-corrected chi connectivity index (χ1v) is 10.3. The molecule has 1 unspecified atom stereocenters. The summed E-state index contributed by atoms with van der Waals surface area (Å²) >= 11 is 0. The van der Waals surface area contributed by atoms with Crippen LogP contribution >= 0.6 is 0 Å². The summed E-state index contributed by atoms with van der Waals surface area (Å²) in [5, 5.41) is 14.4. The molecule has 0 bridgehead atoms. The van der Waals surface area contributed by atoms with E-state index in [-0.39, 0.29) is 11.7 Å². The van der Waals surface area contributed by atoms with Gasteiger partial charge in [-0.15, -0.1) is 0 Å². The molecular formula is C24H30N6O. The molecule has 4 N–H and O–H groups in total. The van der Waals surface area contributed by atoms with Crippen molar-refractivity contribution >= 4 is 35.8 Å². The number of aldehydes is 1. The second-order valence-electron chi connectivity index (χ2n) is 8.22. The molecule has 2 aliphatic heterocycles. The molecule has 1 atom stereocenters. The van der Waals surface area contributed by atoms with Gasteiger partial charge in [-0.2, -0.15) is 5.10 Å². The minimum absolute atomic E-state index is 0.147. The van der Waals surface area contributed by atoms with Crippen molar-refractivity contribution in [1.82, 2.24) is 5.32 Å². The van der Waals surface area contributed by atoms with Crippen LogP contribution in [0.5, 0.6) is 0 Å². The van der Waals surface area contributed by atoms with Crippen molar-refractivity contribution in [2.45, 2.75) is 45.8 Å². The summed E-state index contributed by atoms with van der Waals surface area (Å²) in [4.78, 5) is 13.3. The Morgan fingerprint density at radius 1 is 1.13 bits per heavy atom. The van der Waals surface area contributed by atoms with Gasteiger partial charge < -0.3 is 20.7 Å². The normalized spacial score (nSPS) is 16.5. The molecule has 0 saturated carbocycles. The first-order chi connectivity index (χ1) is 14.9. The number of hydrogen-bond donors (Lipinski definition) is 4. The van der Waals surface area contributed by atoms with E-state index in [0.717, 1.165) is 35.6 Å². The van der Waals surface area contributed by atoms with Crippen LogP contribution in [0.1, 0.15) is 38.8 Å². The third kappa shape index (κ3) is 5.94. The fourth-order valence-corrected chi connectivity index (χ4v) is 3.24. The Bertz CT molecular complexity index is 986. The molecule has 0 saturated heterocycles. The highest BCUT2D eigenvalue weighted by molar-refractivity contribution is 5.80. The fourth-order valence-electron chi connectivity index (χ4n) is 3.24. The van der Waals surface area contributed by atoms with Gasteiger partial charge in [0.05, 0.1) is 5.69 Å². The highest BCUT2D eigenvalue weighted by Gasteiger charge is 2.16. The molecule has 162 valence electrons. The molecule has 2 aromatic carbocycles. The van der Waals surface area contributed by atoms with Crippen LogP contribution in [0.25, 0.3) is 0 Å². The summed E-state index contributed by atoms with van der Waals surface area (Å²) in [5.41, 5.74) is 8.82. The van der Waals surface area contributed by atoms with Crippen molar-refractivity contribution in [3.05, 3.63) is 65.5 Å². The number of benzene rings is 2. The molecule has 2 aliphatic rings. The number of nitrogens with one attached hydrogen (secondary N) is 4. The number of hydrazone groups is 1. The second-order valence-corrected chi connectivity index (χ2v) is 8.22. The average molecular weight is 419 g/mol. The van der Waals surface area contributed by atoms with E-state index >= 15 is 0 Å². The Morgan fingerprint density at radius 3 is 2.58 bits per heavy atom. The summed E-state index contributed by atoms with van der Waals surface area (Å²) < 4.78 is 0. The van der Waals surface area contributed by atoms with Crippen molar-refractivity contribution in [3.63, 3.8) is 0 Å². The smallest absolute Gasteiger partial charge is 0.195 e. The number of anilines is 3. The first kappa shape index (κ1) is 22.1. The van der Waals surface area contributed by atoms with Gasteiger partial charge in [0, 0.05) is 35.8 Å². The maximum atomic E-state index is 8.81. The molecule has 7 nitrogen and oxygen atoms in total. The topological polar surface area (TPSA) is 89.9 Å². The van der Waals surface area contributed by atoms with Crippen LogP contribution in [0, 0.1) is 0 Å². The van der Waals surface area contributed by atoms with Crippen LogP contribution in [0.2, 0.25) is 0 Å². The first-order valence-electron chi connectivity index (χ1n) is 10.3. The molecule has 2 aromatic rings. The zero-order chi connectivity index (χ0) is 22.3. The highest BCUT2D eigenvalue weighted by atomic mass is 16.1. The number of fused-ring (bicyclic) bond motifs is 1. The molecule has 31 heavy (non-hydrogen) atoms. The zero-order valence-corrected chi connectivity index (χ0v) is 18.4. The van der Waals surface area contributed by atoms with Gasteiger partial charge in [-0.1, -0.05) is 39.0 Å². The SMILES string of the molecule is CC(C)(C)c1ccc(NC2N=CC=C(Nc3cccc4c3CC=NN4)N2)cc1.CC=O. The van der Waals surface area contributed by atoms with E-state index < -0.39 is 0 Å². The molecule has 0 aliphatic carbocycles. The van der Waals surface area contributed by atoms with Gasteiger partial charge in [0.2, 0.25) is 0 Å². The number of rotatable bonds is 4. The van der Waals surface area contributed by atoms with Gasteiger partial charge in [0.25, 0.3) is 0 Å². The molecular weight excluding hydrogens is 388 g/mol. The fraction of sp³-hybridized carbons (Fsp3) is 0.292. The van der Waals surface area contributed by atoms with Crippen LogP contribution in [0.4, 0.5) is 17.1 Å². The number of hydrogen-bond acceptors (Lipinski definition) is 7. The number of allylic oxidation sites excluding steroid dienone is 1. The molecule has 0 radical (unpaired) electrons. The monoisotopic (exact) mass is 418 g/mol. The van der Waals surface area contributed by atoms with Gasteiger partial charge in [-0.3, -0.25) is 5.43 Å². The third-order valence-electron chi connectivity index (χ3n) is 4.84. The van der Waals surface area contributed by atoms with Crippen molar-refractivity contribution in [2.75, 3.05) is 16.1 Å². The van der Waals surface area contributed by atoms with E-state index in [1.807, 2.05) is 30.6 Å². The summed E-state index contributed by atoms with van der Waals surface area (Å²) in [6.07, 6.45) is 6.95. The van der Waals surface area contributed by atoms with Crippen LogP contribution in [0.3, 0.4) is 0 Å². The quantitative estimate of drug-likeness (QED) is 0.550.